The summed E-state index contributed by atoms with van der Waals surface area (Å²) in [5.41, 5.74) is 6.66. The minimum Gasteiger partial charge on any atom is -0.458 e. The van der Waals surface area contributed by atoms with Crippen LogP contribution in [0.15, 0.2) is 18.2 Å². The lowest BCUT2D eigenvalue weighted by molar-refractivity contribution is -0.156. The van der Waals surface area contributed by atoms with E-state index >= 15 is 0 Å². The molecule has 0 amide bonds. The maximum Gasteiger partial charge on any atom is 0.508 e. The van der Waals surface area contributed by atoms with Crippen molar-refractivity contribution in [3.05, 3.63) is 23.8 Å². The number of hydrogen-bond donors (Lipinski definition) is 1. The molecule has 4 atom stereocenters. The second-order valence-electron chi connectivity index (χ2n) is 11.0. The van der Waals surface area contributed by atoms with Crippen LogP contribution in [0.4, 0.5) is 4.79 Å². The van der Waals surface area contributed by atoms with E-state index in [0.717, 1.165) is 0 Å². The lowest BCUT2D eigenvalue weighted by Crippen LogP contribution is -2.39. The van der Waals surface area contributed by atoms with Crippen molar-refractivity contribution in [1.82, 2.24) is 0 Å². The second kappa shape index (κ2) is 16.1. The van der Waals surface area contributed by atoms with Crippen LogP contribution in [0.5, 0.6) is 11.5 Å². The SMILES string of the molecule is CC(C)CC(=O)Oc1ccc(C[C@H](N)C(=O)O[C@@H](C)C(C)OC(=O)OC(C)C(C)C)cc1OC(=O)CC(C)C. The Balaban J connectivity index is 2.88. The van der Waals surface area contributed by atoms with Gasteiger partial charge in [0, 0.05) is 12.8 Å². The summed E-state index contributed by atoms with van der Waals surface area (Å²) >= 11 is 0. The van der Waals surface area contributed by atoms with Gasteiger partial charge in [-0.25, -0.2) is 4.79 Å². The number of ether oxygens (including phenoxy) is 5. The highest BCUT2D eigenvalue weighted by atomic mass is 16.7. The fraction of sp³-hybridized carbons (Fsp3) is 0.655. The summed E-state index contributed by atoms with van der Waals surface area (Å²) < 4.78 is 26.7. The Kier molecular flexibility index (Phi) is 14.0. The molecule has 0 spiro atoms. The Morgan fingerprint density at radius 2 is 1.18 bits per heavy atom. The molecular weight excluding hydrogens is 506 g/mol. The van der Waals surface area contributed by atoms with Gasteiger partial charge in [0.05, 0.1) is 0 Å². The third kappa shape index (κ3) is 13.0. The second-order valence-corrected chi connectivity index (χ2v) is 11.0. The van der Waals surface area contributed by atoms with Gasteiger partial charge in [-0.3, -0.25) is 14.4 Å². The minimum absolute atomic E-state index is 0.0592. The molecule has 39 heavy (non-hydrogen) atoms. The van der Waals surface area contributed by atoms with Gasteiger partial charge in [-0.15, -0.1) is 0 Å². The van der Waals surface area contributed by atoms with Gasteiger partial charge in [0.15, 0.2) is 11.5 Å². The first kappa shape index (κ1) is 33.9. The highest BCUT2D eigenvalue weighted by molar-refractivity contribution is 5.77. The number of hydrogen-bond acceptors (Lipinski definition) is 10. The fourth-order valence-electron chi connectivity index (χ4n) is 3.11. The summed E-state index contributed by atoms with van der Waals surface area (Å²) in [6.07, 6.45) is -2.27. The molecule has 0 radical (unpaired) electrons. The van der Waals surface area contributed by atoms with Crippen LogP contribution in [0.25, 0.3) is 0 Å². The number of nitrogens with two attached hydrogens (primary N) is 1. The summed E-state index contributed by atoms with van der Waals surface area (Å²) in [4.78, 5) is 49.2. The van der Waals surface area contributed by atoms with Gasteiger partial charge in [-0.2, -0.15) is 0 Å². The van der Waals surface area contributed by atoms with Crippen LogP contribution in [-0.4, -0.2) is 48.4 Å². The van der Waals surface area contributed by atoms with Gasteiger partial charge >= 0.3 is 24.1 Å². The Morgan fingerprint density at radius 1 is 0.692 bits per heavy atom. The normalized spacial score (nSPS) is 14.4. The number of carbonyl (C=O) groups is 4. The molecule has 0 bridgehead atoms. The van der Waals surface area contributed by atoms with Crippen LogP contribution in [0.2, 0.25) is 0 Å². The maximum atomic E-state index is 12.6. The van der Waals surface area contributed by atoms with Crippen LogP contribution < -0.4 is 15.2 Å². The minimum atomic E-state index is -1.05. The van der Waals surface area contributed by atoms with Crippen molar-refractivity contribution in [2.75, 3.05) is 0 Å². The van der Waals surface area contributed by atoms with E-state index in [9.17, 15) is 19.2 Å². The molecular formula is C29H45NO9. The van der Waals surface area contributed by atoms with Crippen LogP contribution in [0.3, 0.4) is 0 Å². The molecule has 0 aromatic heterocycles. The molecule has 0 saturated carbocycles. The van der Waals surface area contributed by atoms with E-state index in [1.54, 1.807) is 26.8 Å². The van der Waals surface area contributed by atoms with Crippen LogP contribution in [0.1, 0.15) is 80.7 Å². The highest BCUT2D eigenvalue weighted by Crippen LogP contribution is 2.30. The zero-order valence-corrected chi connectivity index (χ0v) is 24.6. The third-order valence-electron chi connectivity index (χ3n) is 5.83. The van der Waals surface area contributed by atoms with E-state index in [-0.39, 0.29) is 54.6 Å². The molecule has 1 aromatic carbocycles. The molecule has 2 N–H and O–H groups in total. The topological polar surface area (TPSA) is 140 Å². The summed E-state index contributed by atoms with van der Waals surface area (Å²) in [5, 5.41) is 0. The molecule has 220 valence electrons. The largest absolute Gasteiger partial charge is 0.508 e. The predicted molar refractivity (Wildman–Crippen MR) is 145 cm³/mol. The van der Waals surface area contributed by atoms with E-state index < -0.39 is 42.3 Å². The summed E-state index contributed by atoms with van der Waals surface area (Å²) in [6, 6.07) is 3.60. The van der Waals surface area contributed by atoms with E-state index in [0.29, 0.717) is 5.56 Å². The molecule has 1 rings (SSSR count). The van der Waals surface area contributed by atoms with Crippen molar-refractivity contribution < 1.29 is 42.9 Å². The highest BCUT2D eigenvalue weighted by Gasteiger charge is 2.26. The summed E-state index contributed by atoms with van der Waals surface area (Å²) in [7, 11) is 0. The average Bonchev–Trinajstić information content (AvgIpc) is 2.79. The monoisotopic (exact) mass is 551 g/mol. The average molecular weight is 552 g/mol. The first-order valence-electron chi connectivity index (χ1n) is 13.5. The molecule has 0 aliphatic heterocycles. The molecule has 0 heterocycles. The van der Waals surface area contributed by atoms with E-state index in [1.165, 1.54) is 12.1 Å². The molecule has 0 saturated heterocycles. The molecule has 10 heteroatoms. The molecule has 10 nitrogen and oxygen atoms in total. The summed E-state index contributed by atoms with van der Waals surface area (Å²) in [6.45, 7) is 16.3. The van der Waals surface area contributed by atoms with Crippen LogP contribution >= 0.6 is 0 Å². The van der Waals surface area contributed by atoms with E-state index in [1.807, 2.05) is 41.5 Å². The van der Waals surface area contributed by atoms with Gasteiger partial charge in [0.1, 0.15) is 24.4 Å². The zero-order valence-electron chi connectivity index (χ0n) is 24.6. The number of esters is 3. The number of benzene rings is 1. The van der Waals surface area contributed by atoms with Gasteiger partial charge in [0.25, 0.3) is 0 Å². The maximum absolute atomic E-state index is 12.6. The van der Waals surface area contributed by atoms with Gasteiger partial charge < -0.3 is 29.4 Å². The predicted octanol–water partition coefficient (Wildman–Crippen LogP) is 4.98. The Hall–Kier alpha value is -3.14. The fourth-order valence-corrected chi connectivity index (χ4v) is 3.11. The first-order chi connectivity index (χ1) is 18.1. The zero-order chi connectivity index (χ0) is 29.9. The lowest BCUT2D eigenvalue weighted by atomic mass is 10.1. The molecule has 0 aliphatic carbocycles. The van der Waals surface area contributed by atoms with Crippen molar-refractivity contribution in [3.8, 4) is 11.5 Å². The van der Waals surface area contributed by atoms with Crippen molar-refractivity contribution in [3.63, 3.8) is 0 Å². The van der Waals surface area contributed by atoms with Crippen molar-refractivity contribution >= 4 is 24.1 Å². The van der Waals surface area contributed by atoms with Crippen molar-refractivity contribution in [2.45, 2.75) is 106 Å². The van der Waals surface area contributed by atoms with Gasteiger partial charge in [-0.1, -0.05) is 47.6 Å². The molecule has 0 fully saturated rings. The third-order valence-corrected chi connectivity index (χ3v) is 5.83. The van der Waals surface area contributed by atoms with Gasteiger partial charge in [-0.05, 0) is 62.6 Å². The van der Waals surface area contributed by atoms with E-state index in [2.05, 4.69) is 0 Å². The Labute approximate surface area is 231 Å². The van der Waals surface area contributed by atoms with E-state index in [4.69, 9.17) is 29.4 Å². The van der Waals surface area contributed by atoms with Crippen LogP contribution in [-0.2, 0) is 35.0 Å². The number of carbonyl (C=O) groups excluding carboxylic acids is 4. The van der Waals surface area contributed by atoms with Crippen molar-refractivity contribution in [1.29, 1.82) is 0 Å². The quantitative estimate of drug-likeness (QED) is 0.249. The smallest absolute Gasteiger partial charge is 0.458 e. The molecule has 2 unspecified atom stereocenters. The van der Waals surface area contributed by atoms with Crippen molar-refractivity contribution in [2.24, 2.45) is 23.5 Å². The summed E-state index contributed by atoms with van der Waals surface area (Å²) in [5.74, 6) is -1.16. The molecule has 1 aromatic rings. The number of rotatable bonds is 14. The lowest BCUT2D eigenvalue weighted by Gasteiger charge is -2.23. The first-order valence-corrected chi connectivity index (χ1v) is 13.5. The Bertz CT molecular complexity index is 974. The molecule has 0 aliphatic rings. The Morgan fingerprint density at radius 3 is 1.69 bits per heavy atom. The van der Waals surface area contributed by atoms with Crippen LogP contribution in [0, 0.1) is 17.8 Å². The standard InChI is InChI=1S/C29H45NO9/c1-16(2)12-26(31)38-24-11-10-22(15-25(24)39-27(32)13-17(3)4)14-23(30)28(33)35-20(8)21(9)37-29(34)36-19(7)18(5)6/h10-11,15-21,23H,12-14,30H2,1-9H3/t19?,20-,21?,23-/m0/s1. The van der Waals surface area contributed by atoms with Gasteiger partial charge in [0.2, 0.25) is 0 Å².